The van der Waals surface area contributed by atoms with E-state index in [0.29, 0.717) is 72.0 Å². The smallest absolute Gasteiger partial charge is 0.320 e. The van der Waals surface area contributed by atoms with Crippen LogP contribution in [0.4, 0.5) is 0 Å². The number of amides is 4. The maximum Gasteiger partial charge on any atom is 0.320 e. The molecule has 1 saturated heterocycles. The Kier molecular flexibility index (Phi) is 27.3. The highest BCUT2D eigenvalue weighted by molar-refractivity contribution is 9.09. The van der Waals surface area contributed by atoms with Gasteiger partial charge in [0.2, 0.25) is 23.6 Å². The van der Waals surface area contributed by atoms with Gasteiger partial charge < -0.3 is 55.8 Å². The number of epoxide rings is 1. The number of carbonyl (C=O) groups excluding carboxylic acids is 4. The van der Waals surface area contributed by atoms with E-state index in [0.717, 1.165) is 25.8 Å². The minimum atomic E-state index is -0.970. The van der Waals surface area contributed by atoms with Gasteiger partial charge in [-0.05, 0) is 32.2 Å². The quantitative estimate of drug-likeness (QED) is 0.0242. The Balaban J connectivity index is 1.89. The monoisotopic (exact) mass is 832 g/mol. The highest BCUT2D eigenvalue weighted by Gasteiger charge is 2.37. The molecule has 0 aromatic carbocycles. The molecule has 1 aliphatic rings. The average Bonchev–Trinajstić information content (AvgIpc) is 3.84. The zero-order valence-corrected chi connectivity index (χ0v) is 31.2. The molecule has 17 nitrogen and oxygen atoms in total. The predicted octanol–water partition coefficient (Wildman–Crippen LogP) is -0.867. The standard InChI is InChI=1S/C30H54Br2N6O11/c31-20-26(40)34-9-3-5-23(38-27(41)21-32)28(42)36-11-15-48-19-17-46-13-7-25(39)35-10-14-47-18-16-45-12-6-24-29(49-24)37-8-2-1-4-22(33)30(43)44/h22-24,29,37H,1-21,33H2,(H,34,40)(H,35,39)(H,36,42)(H,38,41)(H,43,44)/t22?,23-,24?,29?/m0/s1. The van der Waals surface area contributed by atoms with Gasteiger partial charge >= 0.3 is 5.97 Å². The molecular weight excluding hydrogens is 780 g/mol. The molecule has 1 fully saturated rings. The Morgan fingerprint density at radius 3 is 1.96 bits per heavy atom. The second kappa shape index (κ2) is 29.7. The minimum Gasteiger partial charge on any atom is -0.480 e. The Morgan fingerprint density at radius 2 is 1.31 bits per heavy atom. The summed E-state index contributed by atoms with van der Waals surface area (Å²) in [6, 6.07) is -1.52. The molecule has 4 amide bonds. The van der Waals surface area contributed by atoms with Crippen molar-refractivity contribution in [3.05, 3.63) is 0 Å². The van der Waals surface area contributed by atoms with Gasteiger partial charge in [-0.2, -0.15) is 0 Å². The van der Waals surface area contributed by atoms with Crippen LogP contribution in [0.1, 0.15) is 44.9 Å². The number of carboxylic acids is 1. The van der Waals surface area contributed by atoms with E-state index in [1.54, 1.807) is 0 Å². The molecule has 3 unspecified atom stereocenters. The van der Waals surface area contributed by atoms with Gasteiger partial charge in [-0.1, -0.05) is 38.3 Å². The van der Waals surface area contributed by atoms with E-state index in [-0.39, 0.29) is 72.8 Å². The van der Waals surface area contributed by atoms with Crippen LogP contribution >= 0.6 is 31.9 Å². The summed E-state index contributed by atoms with van der Waals surface area (Å²) in [6.07, 6.45) is 4.06. The van der Waals surface area contributed by atoms with Crippen molar-refractivity contribution >= 4 is 61.5 Å². The van der Waals surface area contributed by atoms with Crippen LogP contribution in [0.3, 0.4) is 0 Å². The molecule has 0 spiro atoms. The summed E-state index contributed by atoms with van der Waals surface area (Å²) in [5.74, 6) is -1.91. The largest absolute Gasteiger partial charge is 0.480 e. The van der Waals surface area contributed by atoms with E-state index >= 15 is 0 Å². The van der Waals surface area contributed by atoms with Crippen LogP contribution in [0.2, 0.25) is 0 Å². The average molecular weight is 835 g/mol. The predicted molar refractivity (Wildman–Crippen MR) is 186 cm³/mol. The van der Waals surface area contributed by atoms with Gasteiger partial charge in [0, 0.05) is 39.1 Å². The van der Waals surface area contributed by atoms with Gasteiger partial charge in [0.1, 0.15) is 24.4 Å². The number of carbonyl (C=O) groups is 5. The highest BCUT2D eigenvalue weighted by atomic mass is 79.9. The van der Waals surface area contributed by atoms with E-state index < -0.39 is 18.1 Å². The summed E-state index contributed by atoms with van der Waals surface area (Å²) in [7, 11) is 0. The third-order valence-electron chi connectivity index (χ3n) is 6.95. The number of rotatable bonds is 33. The van der Waals surface area contributed by atoms with Crippen LogP contribution in [0.15, 0.2) is 0 Å². The molecule has 8 N–H and O–H groups in total. The van der Waals surface area contributed by atoms with Crippen molar-refractivity contribution in [3.8, 4) is 0 Å². The number of unbranched alkanes of at least 4 members (excludes halogenated alkanes) is 1. The fraction of sp³-hybridized carbons (Fsp3) is 0.833. The molecule has 0 bridgehead atoms. The maximum atomic E-state index is 12.5. The van der Waals surface area contributed by atoms with Crippen LogP contribution in [-0.2, 0) is 47.7 Å². The highest BCUT2D eigenvalue weighted by Crippen LogP contribution is 2.22. The van der Waals surface area contributed by atoms with Crippen molar-refractivity contribution in [2.24, 2.45) is 5.73 Å². The Bertz CT molecular complexity index is 956. The number of hydrogen-bond acceptors (Lipinski definition) is 12. The number of alkyl halides is 2. The Morgan fingerprint density at radius 1 is 0.694 bits per heavy atom. The normalized spacial score (nSPS) is 16.4. The van der Waals surface area contributed by atoms with E-state index in [2.05, 4.69) is 58.4 Å². The van der Waals surface area contributed by atoms with E-state index in [4.69, 9.17) is 34.5 Å². The van der Waals surface area contributed by atoms with E-state index in [1.165, 1.54) is 0 Å². The molecule has 4 atom stereocenters. The third kappa shape index (κ3) is 25.6. The first-order chi connectivity index (χ1) is 23.7. The van der Waals surface area contributed by atoms with Crippen LogP contribution in [-0.4, -0.2) is 149 Å². The molecule has 1 heterocycles. The molecule has 284 valence electrons. The Labute approximate surface area is 304 Å². The van der Waals surface area contributed by atoms with Gasteiger partial charge in [0.25, 0.3) is 0 Å². The molecule has 0 radical (unpaired) electrons. The molecule has 19 heteroatoms. The SMILES string of the molecule is NC(CCCCNC1OC1CCOCCOCCNC(=O)CCOCCOCCNC(=O)[C@H](CCCNC(=O)CBr)NC(=O)CBr)C(=O)O. The fourth-order valence-electron chi connectivity index (χ4n) is 4.21. The summed E-state index contributed by atoms with van der Waals surface area (Å²) in [4.78, 5) is 58.2. The van der Waals surface area contributed by atoms with Gasteiger partial charge in [-0.3, -0.25) is 29.3 Å². The zero-order valence-electron chi connectivity index (χ0n) is 28.0. The zero-order chi connectivity index (χ0) is 36.1. The van der Waals surface area contributed by atoms with E-state index in [1.807, 2.05) is 0 Å². The lowest BCUT2D eigenvalue weighted by Gasteiger charge is -2.18. The minimum absolute atomic E-state index is 0.0198. The fourth-order valence-corrected chi connectivity index (χ4v) is 4.57. The lowest BCUT2D eigenvalue weighted by molar-refractivity contribution is -0.138. The van der Waals surface area contributed by atoms with Gasteiger partial charge in [0.15, 0.2) is 0 Å². The first-order valence-electron chi connectivity index (χ1n) is 16.6. The topological polar surface area (TPSA) is 241 Å². The first-order valence-corrected chi connectivity index (χ1v) is 18.8. The van der Waals surface area contributed by atoms with Crippen LogP contribution < -0.4 is 32.3 Å². The second-order valence-electron chi connectivity index (χ2n) is 11.0. The number of nitrogens with two attached hydrogens (primary N) is 1. The molecular formula is C30H54Br2N6O11. The molecule has 0 aromatic rings. The summed E-state index contributed by atoms with van der Waals surface area (Å²) >= 11 is 6.13. The lowest BCUT2D eigenvalue weighted by Crippen LogP contribution is -2.48. The lowest BCUT2D eigenvalue weighted by atomic mass is 10.1. The van der Waals surface area contributed by atoms with Crippen molar-refractivity contribution in [2.75, 3.05) is 89.7 Å². The van der Waals surface area contributed by atoms with Crippen molar-refractivity contribution in [2.45, 2.75) is 69.4 Å². The summed E-state index contributed by atoms with van der Waals surface area (Å²) in [5.41, 5.74) is 5.48. The molecule has 1 aliphatic heterocycles. The van der Waals surface area contributed by atoms with Crippen molar-refractivity contribution in [1.29, 1.82) is 0 Å². The maximum absolute atomic E-state index is 12.5. The summed E-state index contributed by atoms with van der Waals surface area (Å²) < 4.78 is 27.4. The van der Waals surface area contributed by atoms with Gasteiger partial charge in [-0.15, -0.1) is 0 Å². The number of nitrogens with one attached hydrogen (secondary N) is 5. The molecule has 0 aromatic heterocycles. The summed E-state index contributed by atoms with van der Waals surface area (Å²) in [6.45, 7) is 4.66. The first kappa shape index (κ1) is 45.1. The Hall–Kier alpha value is -1.97. The van der Waals surface area contributed by atoms with Crippen LogP contribution in [0, 0.1) is 0 Å². The second-order valence-corrected chi connectivity index (χ2v) is 12.1. The van der Waals surface area contributed by atoms with Crippen molar-refractivity contribution in [3.63, 3.8) is 0 Å². The van der Waals surface area contributed by atoms with Crippen LogP contribution in [0.25, 0.3) is 0 Å². The summed E-state index contributed by atoms with van der Waals surface area (Å²) in [5, 5.41) is 23.2. The number of hydrogen-bond donors (Lipinski definition) is 7. The van der Waals surface area contributed by atoms with E-state index in [9.17, 15) is 24.0 Å². The number of ether oxygens (including phenoxy) is 5. The molecule has 0 aliphatic carbocycles. The van der Waals surface area contributed by atoms with Gasteiger partial charge in [0.05, 0.1) is 56.9 Å². The number of aliphatic carboxylic acids is 1. The molecule has 1 rings (SSSR count). The number of carboxylic acid groups (broad SMARTS) is 1. The van der Waals surface area contributed by atoms with Gasteiger partial charge in [-0.25, -0.2) is 0 Å². The number of halogens is 2. The molecule has 49 heavy (non-hydrogen) atoms. The van der Waals surface area contributed by atoms with Crippen molar-refractivity contribution < 1.29 is 52.8 Å². The molecule has 0 saturated carbocycles. The van der Waals surface area contributed by atoms with Crippen molar-refractivity contribution in [1.82, 2.24) is 26.6 Å². The third-order valence-corrected chi connectivity index (χ3v) is 7.97. The van der Waals surface area contributed by atoms with Crippen LogP contribution in [0.5, 0.6) is 0 Å².